The van der Waals surface area contributed by atoms with E-state index in [1.165, 1.54) is 16.8 Å². The Hall–Kier alpha value is -1.80. The van der Waals surface area contributed by atoms with Gasteiger partial charge in [0.1, 0.15) is 0 Å². The van der Waals surface area contributed by atoms with Gasteiger partial charge in [0.25, 0.3) is 0 Å². The van der Waals surface area contributed by atoms with E-state index in [0.29, 0.717) is 12.6 Å². The van der Waals surface area contributed by atoms with Crippen molar-refractivity contribution in [3.63, 3.8) is 0 Å². The minimum absolute atomic E-state index is 0.373. The third-order valence-electron chi connectivity index (χ3n) is 3.87. The Bertz CT molecular complexity index is 505. The molecule has 0 aliphatic heterocycles. The van der Waals surface area contributed by atoms with Gasteiger partial charge in [-0.15, -0.1) is 0 Å². The van der Waals surface area contributed by atoms with Crippen molar-refractivity contribution >= 4 is 5.69 Å². The Kier molecular flexibility index (Phi) is 5.19. The third kappa shape index (κ3) is 3.84. The summed E-state index contributed by atoms with van der Waals surface area (Å²) in [5.41, 5.74) is 9.86. The van der Waals surface area contributed by atoms with E-state index in [1.807, 2.05) is 0 Å². The first-order chi connectivity index (χ1) is 9.70. The van der Waals surface area contributed by atoms with E-state index in [2.05, 4.69) is 73.5 Å². The molecular weight excluding hydrogens is 244 g/mol. The van der Waals surface area contributed by atoms with Crippen LogP contribution >= 0.6 is 0 Å². The fourth-order valence-electron chi connectivity index (χ4n) is 2.44. The molecule has 106 valence electrons. The van der Waals surface area contributed by atoms with E-state index in [-0.39, 0.29) is 0 Å². The van der Waals surface area contributed by atoms with Crippen molar-refractivity contribution in [1.29, 1.82) is 0 Å². The van der Waals surface area contributed by atoms with Crippen LogP contribution in [0.3, 0.4) is 0 Å². The molecule has 0 bridgehead atoms. The molecule has 2 rings (SSSR count). The molecule has 0 radical (unpaired) electrons. The lowest BCUT2D eigenvalue weighted by molar-refractivity contribution is 0.589. The number of aryl methyl sites for hydroxylation is 2. The standard InChI is InChI=1S/C18H24N2/c1-15-8-11-17(12-9-15)20(2)18(14-19)13-10-16-6-4-3-5-7-16/h3-9,11-12,18H,10,13-14,19H2,1-2H3. The molecule has 0 spiro atoms. The highest BCUT2D eigenvalue weighted by atomic mass is 15.1. The maximum absolute atomic E-state index is 5.96. The second-order valence-corrected chi connectivity index (χ2v) is 5.36. The average molecular weight is 268 g/mol. The van der Waals surface area contributed by atoms with E-state index in [1.54, 1.807) is 0 Å². The smallest absolute Gasteiger partial charge is 0.0412 e. The highest BCUT2D eigenvalue weighted by Crippen LogP contribution is 2.18. The highest BCUT2D eigenvalue weighted by Gasteiger charge is 2.13. The summed E-state index contributed by atoms with van der Waals surface area (Å²) in [5.74, 6) is 0. The van der Waals surface area contributed by atoms with Crippen LogP contribution in [0, 0.1) is 6.92 Å². The van der Waals surface area contributed by atoms with Gasteiger partial charge in [-0.2, -0.15) is 0 Å². The summed E-state index contributed by atoms with van der Waals surface area (Å²) in [4.78, 5) is 2.29. The van der Waals surface area contributed by atoms with Crippen molar-refractivity contribution in [2.75, 3.05) is 18.5 Å². The Balaban J connectivity index is 1.98. The quantitative estimate of drug-likeness (QED) is 0.870. The molecule has 2 aromatic carbocycles. The molecule has 0 aliphatic carbocycles. The molecule has 1 unspecified atom stereocenters. The number of rotatable bonds is 6. The molecule has 2 heteroatoms. The molecule has 2 N–H and O–H groups in total. The molecule has 0 heterocycles. The maximum atomic E-state index is 5.96. The Morgan fingerprint density at radius 3 is 2.25 bits per heavy atom. The van der Waals surface area contributed by atoms with Gasteiger partial charge in [-0.1, -0.05) is 48.0 Å². The number of nitrogens with zero attached hydrogens (tertiary/aromatic N) is 1. The average Bonchev–Trinajstić information content (AvgIpc) is 2.49. The lowest BCUT2D eigenvalue weighted by atomic mass is 10.0. The summed E-state index contributed by atoms with van der Waals surface area (Å²) in [6.45, 7) is 2.79. The summed E-state index contributed by atoms with van der Waals surface area (Å²) in [6.07, 6.45) is 2.14. The molecule has 2 aromatic rings. The summed E-state index contributed by atoms with van der Waals surface area (Å²) in [5, 5.41) is 0. The van der Waals surface area contributed by atoms with Crippen LogP contribution in [0.2, 0.25) is 0 Å². The van der Waals surface area contributed by atoms with E-state index in [9.17, 15) is 0 Å². The minimum atomic E-state index is 0.373. The number of likely N-dealkylation sites (N-methyl/N-ethyl adjacent to an activating group) is 1. The van der Waals surface area contributed by atoms with Gasteiger partial charge in [-0.3, -0.25) is 0 Å². The number of benzene rings is 2. The monoisotopic (exact) mass is 268 g/mol. The van der Waals surface area contributed by atoms with Crippen molar-refractivity contribution in [3.8, 4) is 0 Å². The maximum Gasteiger partial charge on any atom is 0.0412 e. The molecular formula is C18H24N2. The van der Waals surface area contributed by atoms with Gasteiger partial charge in [0, 0.05) is 25.3 Å². The van der Waals surface area contributed by atoms with Crippen LogP contribution < -0.4 is 10.6 Å². The SMILES string of the molecule is Cc1ccc(N(C)C(CN)CCc2ccccc2)cc1. The second-order valence-electron chi connectivity index (χ2n) is 5.36. The lowest BCUT2D eigenvalue weighted by Crippen LogP contribution is -2.38. The molecule has 1 atom stereocenters. The van der Waals surface area contributed by atoms with Gasteiger partial charge in [-0.05, 0) is 37.5 Å². The molecule has 0 aliphatic rings. The molecule has 0 amide bonds. The first kappa shape index (κ1) is 14.6. The zero-order chi connectivity index (χ0) is 14.4. The van der Waals surface area contributed by atoms with Crippen LogP contribution in [0.15, 0.2) is 54.6 Å². The zero-order valence-corrected chi connectivity index (χ0v) is 12.4. The fraction of sp³-hybridized carbons (Fsp3) is 0.333. The van der Waals surface area contributed by atoms with Crippen LogP contribution in [0.5, 0.6) is 0 Å². The summed E-state index contributed by atoms with van der Waals surface area (Å²) < 4.78 is 0. The summed E-state index contributed by atoms with van der Waals surface area (Å²) in [7, 11) is 2.13. The van der Waals surface area contributed by atoms with Gasteiger partial charge >= 0.3 is 0 Å². The van der Waals surface area contributed by atoms with Gasteiger partial charge < -0.3 is 10.6 Å². The van der Waals surface area contributed by atoms with E-state index < -0.39 is 0 Å². The number of anilines is 1. The first-order valence-corrected chi connectivity index (χ1v) is 7.24. The van der Waals surface area contributed by atoms with Crippen molar-refractivity contribution in [2.45, 2.75) is 25.8 Å². The van der Waals surface area contributed by atoms with Crippen molar-refractivity contribution in [1.82, 2.24) is 0 Å². The summed E-state index contributed by atoms with van der Waals surface area (Å²) in [6, 6.07) is 19.6. The van der Waals surface area contributed by atoms with Gasteiger partial charge in [-0.25, -0.2) is 0 Å². The fourth-order valence-corrected chi connectivity index (χ4v) is 2.44. The molecule has 0 saturated carbocycles. The van der Waals surface area contributed by atoms with E-state index in [0.717, 1.165) is 12.8 Å². The molecule has 0 aromatic heterocycles. The van der Waals surface area contributed by atoms with E-state index >= 15 is 0 Å². The van der Waals surface area contributed by atoms with Crippen LogP contribution in [0.1, 0.15) is 17.5 Å². The van der Waals surface area contributed by atoms with Crippen LogP contribution in [0.25, 0.3) is 0 Å². The predicted octanol–water partition coefficient (Wildman–Crippen LogP) is 3.39. The topological polar surface area (TPSA) is 29.3 Å². The minimum Gasteiger partial charge on any atom is -0.370 e. The molecule has 20 heavy (non-hydrogen) atoms. The van der Waals surface area contributed by atoms with Crippen molar-refractivity contribution in [3.05, 3.63) is 65.7 Å². The van der Waals surface area contributed by atoms with Gasteiger partial charge in [0.15, 0.2) is 0 Å². The third-order valence-corrected chi connectivity index (χ3v) is 3.87. The lowest BCUT2D eigenvalue weighted by Gasteiger charge is -2.29. The van der Waals surface area contributed by atoms with Crippen LogP contribution in [0.4, 0.5) is 5.69 Å². The molecule has 0 saturated heterocycles. The zero-order valence-electron chi connectivity index (χ0n) is 12.4. The highest BCUT2D eigenvalue weighted by molar-refractivity contribution is 5.47. The number of hydrogen-bond acceptors (Lipinski definition) is 2. The molecule has 2 nitrogen and oxygen atoms in total. The Morgan fingerprint density at radius 1 is 1.00 bits per heavy atom. The first-order valence-electron chi connectivity index (χ1n) is 7.24. The van der Waals surface area contributed by atoms with Gasteiger partial charge in [0.2, 0.25) is 0 Å². The normalized spacial score (nSPS) is 12.2. The Labute approximate surface area is 122 Å². The Morgan fingerprint density at radius 2 is 1.65 bits per heavy atom. The summed E-state index contributed by atoms with van der Waals surface area (Å²) >= 11 is 0. The van der Waals surface area contributed by atoms with Crippen molar-refractivity contribution < 1.29 is 0 Å². The van der Waals surface area contributed by atoms with Crippen LogP contribution in [-0.4, -0.2) is 19.6 Å². The van der Waals surface area contributed by atoms with Crippen LogP contribution in [-0.2, 0) is 6.42 Å². The second kappa shape index (κ2) is 7.11. The largest absolute Gasteiger partial charge is 0.370 e. The van der Waals surface area contributed by atoms with Crippen molar-refractivity contribution in [2.24, 2.45) is 5.73 Å². The predicted molar refractivity (Wildman–Crippen MR) is 87.2 cm³/mol. The van der Waals surface area contributed by atoms with E-state index in [4.69, 9.17) is 5.73 Å². The number of hydrogen-bond donors (Lipinski definition) is 1. The molecule has 0 fully saturated rings. The number of nitrogens with two attached hydrogens (primary N) is 1. The van der Waals surface area contributed by atoms with Gasteiger partial charge in [0.05, 0.1) is 0 Å².